The van der Waals surface area contributed by atoms with Crippen LogP contribution in [0.1, 0.15) is 12.5 Å². The van der Waals surface area contributed by atoms with Gasteiger partial charge in [0.1, 0.15) is 30.0 Å². The molecule has 1 aliphatic heterocycles. The molecule has 0 saturated carbocycles. The van der Waals surface area contributed by atoms with Gasteiger partial charge in [-0.1, -0.05) is 42.1 Å². The predicted octanol–water partition coefficient (Wildman–Crippen LogP) is 6.20. The molecule has 5 rings (SSSR count). The van der Waals surface area contributed by atoms with Gasteiger partial charge in [-0.2, -0.15) is 4.57 Å². The first kappa shape index (κ1) is 29.6. The number of hydrogen-bond acceptors (Lipinski definition) is 4. The average Bonchev–Trinajstić information content (AvgIpc) is 3.23. The van der Waals surface area contributed by atoms with Crippen molar-refractivity contribution >= 4 is 40.2 Å². The Morgan fingerprint density at radius 2 is 1.69 bits per heavy atom. The van der Waals surface area contributed by atoms with E-state index >= 15 is 0 Å². The Morgan fingerprint density at radius 1 is 0.974 bits per heavy atom. The number of thioether (sulfide) groups is 1. The van der Waals surface area contributed by atoms with Gasteiger partial charge in [0.25, 0.3) is 5.82 Å². The molecular formula is C32H38N4OSY+2. The Bertz CT molecular complexity index is 1480. The molecule has 39 heavy (non-hydrogen) atoms. The van der Waals surface area contributed by atoms with E-state index in [9.17, 15) is 0 Å². The second-order valence-corrected chi connectivity index (χ2v) is 11.8. The van der Waals surface area contributed by atoms with Crippen molar-refractivity contribution in [2.75, 3.05) is 64.7 Å². The van der Waals surface area contributed by atoms with Crippen molar-refractivity contribution in [3.05, 3.63) is 89.5 Å². The van der Waals surface area contributed by atoms with Crippen LogP contribution in [0.2, 0.25) is 0 Å². The van der Waals surface area contributed by atoms with Crippen molar-refractivity contribution in [2.45, 2.75) is 11.8 Å². The summed E-state index contributed by atoms with van der Waals surface area (Å²) in [5.74, 6) is 2.04. The maximum absolute atomic E-state index is 5.71. The van der Waals surface area contributed by atoms with Crippen molar-refractivity contribution in [3.8, 4) is 11.4 Å². The van der Waals surface area contributed by atoms with Crippen molar-refractivity contribution in [2.24, 2.45) is 0 Å². The minimum Gasteiger partial charge on any atom is -0.497 e. The van der Waals surface area contributed by atoms with Gasteiger partial charge in [-0.3, -0.25) is 4.90 Å². The zero-order valence-electron chi connectivity index (χ0n) is 23.9. The van der Waals surface area contributed by atoms with Gasteiger partial charge in [-0.05, 0) is 55.0 Å². The molecule has 5 nitrogen and oxygen atoms in total. The Kier molecular flexibility index (Phi) is 9.43. The summed E-state index contributed by atoms with van der Waals surface area (Å²) in [6, 6.07) is 28.1. The molecule has 0 unspecified atom stereocenters. The minimum absolute atomic E-state index is 0. The molecule has 0 N–H and O–H groups in total. The van der Waals surface area contributed by atoms with Crippen molar-refractivity contribution in [1.82, 2.24) is 0 Å². The SMILES string of the molecule is CCN(CC[N+](C)(C)C)c1cc(C=C2Sc3ccccc3N2C)c2ccc(OC)cc2[n+]1-c1ccccc1.[Y]. The number of ether oxygens (including phenoxy) is 1. The van der Waals surface area contributed by atoms with Gasteiger partial charge < -0.3 is 14.1 Å². The van der Waals surface area contributed by atoms with E-state index in [1.54, 1.807) is 7.11 Å². The third-order valence-electron chi connectivity index (χ3n) is 7.08. The van der Waals surface area contributed by atoms with Crippen LogP contribution in [0.3, 0.4) is 0 Å². The smallest absolute Gasteiger partial charge is 0.283 e. The summed E-state index contributed by atoms with van der Waals surface area (Å²) in [5.41, 5.74) is 4.73. The molecule has 0 amide bonds. The van der Waals surface area contributed by atoms with Crippen LogP contribution in [0.25, 0.3) is 22.7 Å². The number of pyridine rings is 1. The minimum atomic E-state index is 0. The topological polar surface area (TPSA) is 19.6 Å². The maximum atomic E-state index is 5.71. The molecule has 7 heteroatoms. The zero-order valence-corrected chi connectivity index (χ0v) is 27.5. The fourth-order valence-corrected chi connectivity index (χ4v) is 6.01. The predicted molar refractivity (Wildman–Crippen MR) is 161 cm³/mol. The standard InChI is InChI=1S/C32H38N4OS.Y/c1-7-34(19-20-36(3,4)5)31-21-24(22-32-33(2)28-15-11-12-16-30(28)38-32)27-18-17-26(37-6)23-29(27)35(31)25-13-9-8-10-14-25;/h8-18,21-23H,7,19-20H2,1-6H3;/q+2;. The molecule has 0 spiro atoms. The van der Waals surface area contributed by atoms with Crippen LogP contribution in [0, 0.1) is 0 Å². The summed E-state index contributed by atoms with van der Waals surface area (Å²) < 4.78 is 9.01. The molecule has 0 saturated heterocycles. The summed E-state index contributed by atoms with van der Waals surface area (Å²) in [4.78, 5) is 6.08. The molecule has 3 aromatic carbocycles. The summed E-state index contributed by atoms with van der Waals surface area (Å²) in [5, 5.41) is 2.42. The van der Waals surface area contributed by atoms with Gasteiger partial charge in [0.15, 0.2) is 0 Å². The summed E-state index contributed by atoms with van der Waals surface area (Å²) in [7, 11) is 10.7. The van der Waals surface area contributed by atoms with Gasteiger partial charge in [0.05, 0.1) is 45.5 Å². The number of nitrogens with zero attached hydrogens (tertiary/aromatic N) is 4. The van der Waals surface area contributed by atoms with Crippen LogP contribution in [-0.2, 0) is 32.7 Å². The summed E-state index contributed by atoms with van der Waals surface area (Å²) in [6.07, 6.45) is 2.34. The first-order valence-electron chi connectivity index (χ1n) is 13.2. The Hall–Kier alpha value is -2.38. The van der Waals surface area contributed by atoms with Crippen molar-refractivity contribution in [3.63, 3.8) is 0 Å². The van der Waals surface area contributed by atoms with Gasteiger partial charge in [0, 0.05) is 62.2 Å². The fraction of sp³-hybridized carbons (Fsp3) is 0.281. The molecule has 0 atom stereocenters. The van der Waals surface area contributed by atoms with Crippen molar-refractivity contribution < 1.29 is 46.5 Å². The number of rotatable bonds is 8. The monoisotopic (exact) mass is 615 g/mol. The molecule has 1 aromatic heterocycles. The van der Waals surface area contributed by atoms with E-state index < -0.39 is 0 Å². The Balaban J connectivity index is 0.00000353. The number of likely N-dealkylation sites (N-methyl/N-ethyl adjacent to an activating group) is 2. The molecule has 1 aliphatic rings. The number of para-hydroxylation sites is 2. The van der Waals surface area contributed by atoms with E-state index in [2.05, 4.69) is 134 Å². The third kappa shape index (κ3) is 6.35. The van der Waals surface area contributed by atoms with Crippen LogP contribution in [0.4, 0.5) is 11.5 Å². The van der Waals surface area contributed by atoms with E-state index in [1.165, 1.54) is 32.4 Å². The Labute approximate surface area is 262 Å². The number of aromatic nitrogens is 1. The van der Waals surface area contributed by atoms with E-state index in [4.69, 9.17) is 4.74 Å². The maximum Gasteiger partial charge on any atom is 0.283 e. The molecule has 0 fully saturated rings. The number of methoxy groups -OCH3 is 1. The number of quaternary nitrogens is 1. The summed E-state index contributed by atoms with van der Waals surface area (Å²) >= 11 is 1.83. The van der Waals surface area contributed by atoms with Gasteiger partial charge in [0.2, 0.25) is 0 Å². The number of hydrogen-bond donors (Lipinski definition) is 0. The molecule has 0 aliphatic carbocycles. The van der Waals surface area contributed by atoms with Crippen molar-refractivity contribution in [1.29, 1.82) is 0 Å². The number of fused-ring (bicyclic) bond motifs is 2. The Morgan fingerprint density at radius 3 is 2.36 bits per heavy atom. The largest absolute Gasteiger partial charge is 0.497 e. The molecule has 0 bridgehead atoms. The van der Waals surface area contributed by atoms with Gasteiger partial charge >= 0.3 is 0 Å². The molecule has 4 aromatic rings. The quantitative estimate of drug-likeness (QED) is 0.174. The number of anilines is 2. The molecule has 2 heterocycles. The van der Waals surface area contributed by atoms with Gasteiger partial charge in [-0.15, -0.1) is 0 Å². The fourth-order valence-electron chi connectivity index (χ4n) is 4.91. The van der Waals surface area contributed by atoms with Crippen LogP contribution < -0.4 is 19.1 Å². The van der Waals surface area contributed by atoms with E-state index in [0.29, 0.717) is 0 Å². The van der Waals surface area contributed by atoms with E-state index in [-0.39, 0.29) is 32.7 Å². The van der Waals surface area contributed by atoms with Crippen LogP contribution >= 0.6 is 11.8 Å². The second kappa shape index (κ2) is 12.4. The molecule has 1 radical (unpaired) electrons. The normalized spacial score (nSPS) is 13.9. The zero-order chi connectivity index (χ0) is 26.9. The molecule has 199 valence electrons. The van der Waals surface area contributed by atoms with Crippen LogP contribution in [-0.4, -0.2) is 59.4 Å². The summed E-state index contributed by atoms with van der Waals surface area (Å²) in [6.45, 7) is 5.16. The van der Waals surface area contributed by atoms with Crippen LogP contribution in [0.15, 0.2) is 88.8 Å². The molecular weight excluding hydrogens is 577 g/mol. The van der Waals surface area contributed by atoms with E-state index in [1.807, 2.05) is 11.8 Å². The average molecular weight is 616 g/mol. The first-order chi connectivity index (χ1) is 18.3. The third-order valence-corrected chi connectivity index (χ3v) is 8.25. The van der Waals surface area contributed by atoms with Gasteiger partial charge in [-0.25, -0.2) is 0 Å². The second-order valence-electron chi connectivity index (χ2n) is 10.7. The van der Waals surface area contributed by atoms with Crippen LogP contribution in [0.5, 0.6) is 5.75 Å². The van der Waals surface area contributed by atoms with E-state index in [0.717, 1.165) is 41.1 Å². The first-order valence-corrected chi connectivity index (χ1v) is 14.0. The number of benzene rings is 3.